The molecule has 0 heterocycles. The number of ether oxygens (including phenoxy) is 1. The molecule has 0 aromatic heterocycles. The van der Waals surface area contributed by atoms with Gasteiger partial charge in [-0.15, -0.1) is 0 Å². The van der Waals surface area contributed by atoms with Crippen LogP contribution in [0.1, 0.15) is 25.8 Å². The number of carbonyl (C=O) groups is 1. The van der Waals surface area contributed by atoms with Gasteiger partial charge in [-0.1, -0.05) is 6.07 Å². The largest absolute Gasteiger partial charge is 0.466 e. The van der Waals surface area contributed by atoms with Crippen molar-refractivity contribution < 1.29 is 13.9 Å². The van der Waals surface area contributed by atoms with Crippen LogP contribution in [0.15, 0.2) is 18.2 Å². The highest BCUT2D eigenvalue weighted by atomic mass is 19.1. The standard InChI is InChI=1S/C13H18FNO2/c1-4-17-13(16)8-9(2)15-12-7-5-6-11(14)10(12)3/h5-7,9,15H,4,8H2,1-3H3. The summed E-state index contributed by atoms with van der Waals surface area (Å²) in [6, 6.07) is 4.76. The van der Waals surface area contributed by atoms with Crippen LogP contribution >= 0.6 is 0 Å². The summed E-state index contributed by atoms with van der Waals surface area (Å²) in [7, 11) is 0. The van der Waals surface area contributed by atoms with Gasteiger partial charge >= 0.3 is 5.97 Å². The van der Waals surface area contributed by atoms with Crippen LogP contribution in [0.25, 0.3) is 0 Å². The van der Waals surface area contributed by atoms with Crippen LogP contribution < -0.4 is 5.32 Å². The molecule has 0 aliphatic rings. The van der Waals surface area contributed by atoms with Crippen molar-refractivity contribution in [3.05, 3.63) is 29.6 Å². The molecule has 0 radical (unpaired) electrons. The van der Waals surface area contributed by atoms with E-state index in [1.807, 2.05) is 6.92 Å². The Labute approximate surface area is 101 Å². The molecule has 1 rings (SSSR count). The summed E-state index contributed by atoms with van der Waals surface area (Å²) in [6.07, 6.45) is 0.268. The number of hydrogen-bond acceptors (Lipinski definition) is 3. The van der Waals surface area contributed by atoms with Crippen LogP contribution in [-0.2, 0) is 9.53 Å². The van der Waals surface area contributed by atoms with E-state index >= 15 is 0 Å². The van der Waals surface area contributed by atoms with Crippen LogP contribution in [0, 0.1) is 12.7 Å². The summed E-state index contributed by atoms with van der Waals surface area (Å²) >= 11 is 0. The molecule has 0 aliphatic heterocycles. The maximum Gasteiger partial charge on any atom is 0.307 e. The fraction of sp³-hybridized carbons (Fsp3) is 0.462. The van der Waals surface area contributed by atoms with Gasteiger partial charge in [0.1, 0.15) is 5.82 Å². The fourth-order valence-electron chi connectivity index (χ4n) is 1.55. The highest BCUT2D eigenvalue weighted by molar-refractivity contribution is 5.70. The average molecular weight is 239 g/mol. The fourth-order valence-corrected chi connectivity index (χ4v) is 1.55. The van der Waals surface area contributed by atoms with E-state index in [0.29, 0.717) is 17.9 Å². The first-order valence-corrected chi connectivity index (χ1v) is 5.71. The third-order valence-electron chi connectivity index (χ3n) is 2.45. The lowest BCUT2D eigenvalue weighted by molar-refractivity contribution is -0.143. The molecule has 94 valence electrons. The van der Waals surface area contributed by atoms with Crippen molar-refractivity contribution in [3.8, 4) is 0 Å². The first-order valence-electron chi connectivity index (χ1n) is 5.71. The van der Waals surface area contributed by atoms with Crippen molar-refractivity contribution in [2.75, 3.05) is 11.9 Å². The van der Waals surface area contributed by atoms with Gasteiger partial charge in [0.05, 0.1) is 13.0 Å². The van der Waals surface area contributed by atoms with E-state index in [9.17, 15) is 9.18 Å². The Morgan fingerprint density at radius 3 is 2.88 bits per heavy atom. The zero-order valence-electron chi connectivity index (χ0n) is 10.4. The molecule has 1 aromatic carbocycles. The summed E-state index contributed by atoms with van der Waals surface area (Å²) in [5, 5.41) is 3.10. The highest BCUT2D eigenvalue weighted by Crippen LogP contribution is 2.18. The summed E-state index contributed by atoms with van der Waals surface area (Å²) in [6.45, 7) is 5.72. The van der Waals surface area contributed by atoms with Crippen LogP contribution in [0.5, 0.6) is 0 Å². The Kier molecular flexibility index (Phi) is 4.94. The van der Waals surface area contributed by atoms with Crippen molar-refractivity contribution >= 4 is 11.7 Å². The van der Waals surface area contributed by atoms with Crippen molar-refractivity contribution in [2.45, 2.75) is 33.2 Å². The third-order valence-corrected chi connectivity index (χ3v) is 2.45. The van der Waals surface area contributed by atoms with E-state index in [4.69, 9.17) is 4.74 Å². The van der Waals surface area contributed by atoms with Crippen LogP contribution in [0.3, 0.4) is 0 Å². The van der Waals surface area contributed by atoms with Gasteiger partial charge in [0.2, 0.25) is 0 Å². The van der Waals surface area contributed by atoms with E-state index in [0.717, 1.165) is 0 Å². The molecule has 0 aliphatic carbocycles. The Balaban J connectivity index is 2.59. The summed E-state index contributed by atoms with van der Waals surface area (Å²) in [4.78, 5) is 11.3. The Bertz CT molecular complexity index is 393. The minimum absolute atomic E-state index is 0.0884. The molecular formula is C13H18FNO2. The summed E-state index contributed by atoms with van der Waals surface area (Å²) in [5.74, 6) is -0.500. The number of rotatable bonds is 5. The van der Waals surface area contributed by atoms with Gasteiger partial charge in [0.15, 0.2) is 0 Å². The number of benzene rings is 1. The minimum Gasteiger partial charge on any atom is -0.466 e. The number of anilines is 1. The van der Waals surface area contributed by atoms with Crippen molar-refractivity contribution in [1.29, 1.82) is 0 Å². The van der Waals surface area contributed by atoms with Gasteiger partial charge in [0, 0.05) is 17.3 Å². The zero-order valence-corrected chi connectivity index (χ0v) is 10.4. The number of esters is 1. The molecule has 0 spiro atoms. The molecule has 0 saturated carbocycles. The van der Waals surface area contributed by atoms with Crippen LogP contribution in [0.4, 0.5) is 10.1 Å². The lowest BCUT2D eigenvalue weighted by Crippen LogP contribution is -2.21. The zero-order chi connectivity index (χ0) is 12.8. The maximum atomic E-state index is 13.3. The quantitative estimate of drug-likeness (QED) is 0.803. The average Bonchev–Trinajstić information content (AvgIpc) is 2.25. The Morgan fingerprint density at radius 2 is 2.24 bits per heavy atom. The lowest BCUT2D eigenvalue weighted by atomic mass is 10.1. The second-order valence-electron chi connectivity index (χ2n) is 3.97. The number of nitrogens with one attached hydrogen (secondary N) is 1. The number of carbonyl (C=O) groups excluding carboxylic acids is 1. The van der Waals surface area contributed by atoms with Crippen molar-refractivity contribution in [1.82, 2.24) is 0 Å². The van der Waals surface area contributed by atoms with Crippen molar-refractivity contribution in [3.63, 3.8) is 0 Å². The van der Waals surface area contributed by atoms with Gasteiger partial charge in [-0.05, 0) is 32.9 Å². The van der Waals surface area contributed by atoms with Crippen LogP contribution in [0.2, 0.25) is 0 Å². The normalized spacial score (nSPS) is 12.0. The molecule has 0 saturated heterocycles. The topological polar surface area (TPSA) is 38.3 Å². The van der Waals surface area contributed by atoms with Crippen molar-refractivity contribution in [2.24, 2.45) is 0 Å². The molecule has 17 heavy (non-hydrogen) atoms. The minimum atomic E-state index is -0.252. The first kappa shape index (κ1) is 13.5. The second-order valence-corrected chi connectivity index (χ2v) is 3.97. The smallest absolute Gasteiger partial charge is 0.307 e. The van der Waals surface area contributed by atoms with Gasteiger partial charge < -0.3 is 10.1 Å². The maximum absolute atomic E-state index is 13.3. The Morgan fingerprint density at radius 1 is 1.53 bits per heavy atom. The molecule has 1 atom stereocenters. The molecule has 1 unspecified atom stereocenters. The van der Waals surface area contributed by atoms with Gasteiger partial charge in [0.25, 0.3) is 0 Å². The predicted molar refractivity (Wildman–Crippen MR) is 65.5 cm³/mol. The van der Waals surface area contributed by atoms with E-state index < -0.39 is 0 Å². The molecule has 3 nitrogen and oxygen atoms in total. The molecule has 1 aromatic rings. The summed E-state index contributed by atoms with van der Waals surface area (Å²) in [5.41, 5.74) is 1.27. The van der Waals surface area contributed by atoms with E-state index in [1.54, 1.807) is 26.0 Å². The van der Waals surface area contributed by atoms with Gasteiger partial charge in [-0.3, -0.25) is 4.79 Å². The Hall–Kier alpha value is -1.58. The van der Waals surface area contributed by atoms with E-state index in [1.165, 1.54) is 6.07 Å². The number of halogens is 1. The highest BCUT2D eigenvalue weighted by Gasteiger charge is 2.11. The van der Waals surface area contributed by atoms with Gasteiger partial charge in [-0.25, -0.2) is 4.39 Å². The summed E-state index contributed by atoms with van der Waals surface area (Å²) < 4.78 is 18.1. The molecule has 1 N–H and O–H groups in total. The molecular weight excluding hydrogens is 221 g/mol. The second kappa shape index (κ2) is 6.23. The first-order chi connectivity index (χ1) is 8.04. The molecule has 0 fully saturated rings. The molecule has 0 bridgehead atoms. The number of hydrogen-bond donors (Lipinski definition) is 1. The van der Waals surface area contributed by atoms with E-state index in [-0.39, 0.29) is 24.2 Å². The third kappa shape index (κ3) is 4.06. The lowest BCUT2D eigenvalue weighted by Gasteiger charge is -2.16. The SMILES string of the molecule is CCOC(=O)CC(C)Nc1cccc(F)c1C. The predicted octanol–water partition coefficient (Wildman–Crippen LogP) is 2.89. The van der Waals surface area contributed by atoms with Gasteiger partial charge in [-0.2, -0.15) is 0 Å². The van der Waals surface area contributed by atoms with Crippen LogP contribution in [-0.4, -0.2) is 18.6 Å². The van der Waals surface area contributed by atoms with E-state index in [2.05, 4.69) is 5.32 Å². The monoisotopic (exact) mass is 239 g/mol. The molecule has 4 heteroatoms. The molecule has 0 amide bonds.